The molecule has 0 saturated heterocycles. The molecule has 0 bridgehead atoms. The minimum atomic E-state index is -0.555. The predicted octanol–water partition coefficient (Wildman–Crippen LogP) is 2.47. The second-order valence-corrected chi connectivity index (χ2v) is 5.05. The van der Waals surface area contributed by atoms with Crippen LogP contribution in [0.5, 0.6) is 0 Å². The average molecular weight is 340 g/mol. The first-order chi connectivity index (χ1) is 12.0. The summed E-state index contributed by atoms with van der Waals surface area (Å²) in [5.41, 5.74) is 1.30. The van der Waals surface area contributed by atoms with Gasteiger partial charge in [0.05, 0.1) is 4.92 Å². The van der Waals surface area contributed by atoms with Crippen molar-refractivity contribution in [2.24, 2.45) is 0 Å². The van der Waals surface area contributed by atoms with Crippen LogP contribution in [-0.4, -0.2) is 23.3 Å². The van der Waals surface area contributed by atoms with E-state index in [0.29, 0.717) is 5.56 Å². The first-order valence-corrected chi connectivity index (χ1v) is 7.44. The summed E-state index contributed by atoms with van der Waals surface area (Å²) >= 11 is 0. The lowest BCUT2D eigenvalue weighted by atomic mass is 10.2. The second-order valence-electron chi connectivity index (χ2n) is 5.05. The third-order valence-electron chi connectivity index (χ3n) is 3.16. The van der Waals surface area contributed by atoms with Gasteiger partial charge in [0.2, 0.25) is 5.91 Å². The summed E-state index contributed by atoms with van der Waals surface area (Å²) in [6.45, 7) is -0.121. The van der Waals surface area contributed by atoms with Crippen LogP contribution in [0.2, 0.25) is 0 Å². The zero-order valence-corrected chi connectivity index (χ0v) is 13.3. The lowest BCUT2D eigenvalue weighted by molar-refractivity contribution is -0.384. The smallest absolute Gasteiger partial charge is 0.325 e. The summed E-state index contributed by atoms with van der Waals surface area (Å²) in [6.07, 6.45) is 2.63. The number of nitrogens with one attached hydrogen (secondary N) is 1. The van der Waals surface area contributed by atoms with E-state index < -0.39 is 16.8 Å². The number of carbonyl (C=O) groups excluding carboxylic acids is 2. The number of hydrogen-bond donors (Lipinski definition) is 1. The minimum Gasteiger partial charge on any atom is -0.460 e. The van der Waals surface area contributed by atoms with Crippen molar-refractivity contribution in [3.63, 3.8) is 0 Å². The summed E-state index contributed by atoms with van der Waals surface area (Å²) in [5, 5.41) is 13.1. The van der Waals surface area contributed by atoms with Crippen molar-refractivity contribution in [2.45, 2.75) is 6.61 Å². The monoisotopic (exact) mass is 340 g/mol. The molecule has 1 amide bonds. The summed E-state index contributed by atoms with van der Waals surface area (Å²) in [7, 11) is 0. The molecule has 1 N–H and O–H groups in total. The number of ether oxygens (including phenoxy) is 1. The second kappa shape index (κ2) is 8.97. The molecule has 0 spiro atoms. The molecule has 0 radical (unpaired) electrons. The van der Waals surface area contributed by atoms with Crippen molar-refractivity contribution in [1.29, 1.82) is 0 Å². The van der Waals surface area contributed by atoms with E-state index >= 15 is 0 Å². The van der Waals surface area contributed by atoms with E-state index in [1.807, 2.05) is 30.3 Å². The fraction of sp³-hybridized carbons (Fsp3) is 0.111. The molecule has 2 rings (SSSR count). The number of benzene rings is 2. The van der Waals surface area contributed by atoms with Crippen molar-refractivity contribution in [3.05, 3.63) is 81.9 Å². The van der Waals surface area contributed by atoms with Crippen molar-refractivity contribution in [2.75, 3.05) is 6.54 Å². The highest BCUT2D eigenvalue weighted by Gasteiger charge is 2.06. The fourth-order valence-electron chi connectivity index (χ4n) is 1.92. The van der Waals surface area contributed by atoms with Gasteiger partial charge in [-0.25, -0.2) is 0 Å². The van der Waals surface area contributed by atoms with Crippen LogP contribution in [0.4, 0.5) is 5.69 Å². The maximum atomic E-state index is 11.7. The molecule has 2 aromatic carbocycles. The number of nitrogens with zero attached hydrogens (tertiary/aromatic N) is 1. The van der Waals surface area contributed by atoms with Crippen LogP contribution in [0, 0.1) is 10.1 Å². The Labute approximate surface area is 144 Å². The standard InChI is InChI=1S/C18H16N2O5/c21-17(10-9-14-7-4-8-16(11-14)20(23)24)19-12-18(22)25-13-15-5-2-1-3-6-15/h1-11H,12-13H2,(H,19,21)/b10-9+. The maximum absolute atomic E-state index is 11.7. The molecular formula is C18H16N2O5. The molecule has 0 atom stereocenters. The fourth-order valence-corrected chi connectivity index (χ4v) is 1.92. The lowest BCUT2D eigenvalue weighted by Gasteiger charge is -2.05. The third kappa shape index (κ3) is 6.26. The predicted molar refractivity (Wildman–Crippen MR) is 91.4 cm³/mol. The van der Waals surface area contributed by atoms with Gasteiger partial charge in [0.1, 0.15) is 13.2 Å². The number of amides is 1. The van der Waals surface area contributed by atoms with Crippen molar-refractivity contribution >= 4 is 23.6 Å². The van der Waals surface area contributed by atoms with Gasteiger partial charge < -0.3 is 10.1 Å². The van der Waals surface area contributed by atoms with E-state index in [9.17, 15) is 19.7 Å². The van der Waals surface area contributed by atoms with Gasteiger partial charge in [0.25, 0.3) is 5.69 Å². The van der Waals surface area contributed by atoms with Crippen LogP contribution >= 0.6 is 0 Å². The van der Waals surface area contributed by atoms with Crippen LogP contribution in [0.3, 0.4) is 0 Å². The van der Waals surface area contributed by atoms with Crippen LogP contribution < -0.4 is 5.32 Å². The van der Waals surface area contributed by atoms with E-state index in [2.05, 4.69) is 5.32 Å². The first-order valence-electron chi connectivity index (χ1n) is 7.44. The molecule has 0 heterocycles. The largest absolute Gasteiger partial charge is 0.460 e. The number of non-ortho nitro benzene ring substituents is 1. The van der Waals surface area contributed by atoms with Crippen LogP contribution in [0.1, 0.15) is 11.1 Å². The molecule has 2 aromatic rings. The van der Waals surface area contributed by atoms with E-state index in [-0.39, 0.29) is 18.8 Å². The van der Waals surface area contributed by atoms with Gasteiger partial charge in [0.15, 0.2) is 0 Å². The lowest BCUT2D eigenvalue weighted by Crippen LogP contribution is -2.29. The summed E-state index contributed by atoms with van der Waals surface area (Å²) < 4.78 is 5.03. The average Bonchev–Trinajstić information content (AvgIpc) is 2.64. The Hall–Kier alpha value is -3.48. The van der Waals surface area contributed by atoms with Crippen molar-refractivity contribution < 1.29 is 19.2 Å². The molecular weight excluding hydrogens is 324 g/mol. The van der Waals surface area contributed by atoms with Gasteiger partial charge >= 0.3 is 5.97 Å². The summed E-state index contributed by atoms with van der Waals surface area (Å²) in [5.74, 6) is -1.05. The van der Waals surface area contributed by atoms with Crippen molar-refractivity contribution in [3.8, 4) is 0 Å². The maximum Gasteiger partial charge on any atom is 0.325 e. The molecule has 7 heteroatoms. The summed E-state index contributed by atoms with van der Waals surface area (Å²) in [4.78, 5) is 33.4. The van der Waals surface area contributed by atoms with Gasteiger partial charge in [-0.05, 0) is 17.2 Å². The number of esters is 1. The molecule has 0 aliphatic rings. The number of hydrogen-bond acceptors (Lipinski definition) is 5. The Bertz CT molecular complexity index is 787. The number of nitro benzene ring substituents is 1. The Balaban J connectivity index is 1.77. The molecule has 128 valence electrons. The van der Waals surface area contributed by atoms with Gasteiger partial charge in [-0.1, -0.05) is 42.5 Å². The van der Waals surface area contributed by atoms with E-state index in [1.165, 1.54) is 30.4 Å². The SMILES string of the molecule is O=C(/C=C/c1cccc([N+](=O)[O-])c1)NCC(=O)OCc1ccccc1. The number of carbonyl (C=O) groups is 2. The van der Waals surface area contributed by atoms with Crippen molar-refractivity contribution in [1.82, 2.24) is 5.32 Å². The molecule has 0 aromatic heterocycles. The highest BCUT2D eigenvalue weighted by molar-refractivity contribution is 5.93. The number of nitro groups is 1. The topological polar surface area (TPSA) is 98.5 Å². The Morgan fingerprint density at radius 2 is 1.88 bits per heavy atom. The molecule has 25 heavy (non-hydrogen) atoms. The zero-order chi connectivity index (χ0) is 18.1. The summed E-state index contributed by atoms with van der Waals surface area (Å²) in [6, 6.07) is 15.0. The highest BCUT2D eigenvalue weighted by atomic mass is 16.6. The van der Waals surface area contributed by atoms with Gasteiger partial charge in [0, 0.05) is 18.2 Å². The first kappa shape index (κ1) is 17.9. The Kier molecular flexibility index (Phi) is 6.41. The molecule has 0 aliphatic carbocycles. The highest BCUT2D eigenvalue weighted by Crippen LogP contribution is 2.13. The van der Waals surface area contributed by atoms with E-state index in [0.717, 1.165) is 5.56 Å². The zero-order valence-electron chi connectivity index (χ0n) is 13.3. The van der Waals surface area contributed by atoms with Gasteiger partial charge in [-0.3, -0.25) is 19.7 Å². The van der Waals surface area contributed by atoms with E-state index in [4.69, 9.17) is 4.74 Å². The third-order valence-corrected chi connectivity index (χ3v) is 3.16. The molecule has 7 nitrogen and oxygen atoms in total. The minimum absolute atomic E-state index is 0.0629. The van der Waals surface area contributed by atoms with Crippen LogP contribution in [0.15, 0.2) is 60.7 Å². The molecule has 0 unspecified atom stereocenters. The van der Waals surface area contributed by atoms with E-state index in [1.54, 1.807) is 6.07 Å². The molecule has 0 aliphatic heterocycles. The normalized spacial score (nSPS) is 10.4. The molecule has 0 fully saturated rings. The quantitative estimate of drug-likeness (QED) is 0.361. The van der Waals surface area contributed by atoms with Crippen LogP contribution in [-0.2, 0) is 20.9 Å². The number of rotatable bonds is 7. The molecule has 0 saturated carbocycles. The van der Waals surface area contributed by atoms with Gasteiger partial charge in [-0.2, -0.15) is 0 Å². The Morgan fingerprint density at radius 1 is 1.12 bits per heavy atom. The Morgan fingerprint density at radius 3 is 2.60 bits per heavy atom. The van der Waals surface area contributed by atoms with Crippen LogP contribution in [0.25, 0.3) is 6.08 Å². The van der Waals surface area contributed by atoms with Gasteiger partial charge in [-0.15, -0.1) is 0 Å².